The summed E-state index contributed by atoms with van der Waals surface area (Å²) in [6.45, 7) is 8.19. The number of carbonyl (C=O) groups excluding carboxylic acids is 1. The molecule has 0 amide bonds. The minimum atomic E-state index is -1.03. The quantitative estimate of drug-likeness (QED) is 0.223. The maximum absolute atomic E-state index is 14.5. The lowest BCUT2D eigenvalue weighted by Gasteiger charge is -2.32. The maximum Gasteiger partial charge on any atom is 0.171 e. The fourth-order valence-electron chi connectivity index (χ4n) is 3.65. The van der Waals surface area contributed by atoms with E-state index in [9.17, 15) is 13.6 Å². The summed E-state index contributed by atoms with van der Waals surface area (Å²) in [6, 6.07) is 8.86. The summed E-state index contributed by atoms with van der Waals surface area (Å²) in [5.41, 5.74) is 0.735. The molecular formula is C25H30Br2F2O5. The smallest absolute Gasteiger partial charge is 0.171 e. The van der Waals surface area contributed by atoms with Crippen molar-refractivity contribution in [3.05, 3.63) is 68.1 Å². The van der Waals surface area contributed by atoms with Crippen LogP contribution in [0.4, 0.5) is 8.78 Å². The summed E-state index contributed by atoms with van der Waals surface area (Å²) in [5.74, 6) is -3.51. The van der Waals surface area contributed by atoms with E-state index in [0.29, 0.717) is 11.1 Å². The van der Waals surface area contributed by atoms with Gasteiger partial charge in [0.1, 0.15) is 11.6 Å². The lowest BCUT2D eigenvalue weighted by Crippen LogP contribution is -2.40. The van der Waals surface area contributed by atoms with Crippen molar-refractivity contribution >= 4 is 37.6 Å². The van der Waals surface area contributed by atoms with Gasteiger partial charge in [0.15, 0.2) is 18.4 Å². The molecule has 0 aromatic heterocycles. The molecule has 34 heavy (non-hydrogen) atoms. The number of benzene rings is 2. The Labute approximate surface area is 216 Å². The van der Waals surface area contributed by atoms with Gasteiger partial charge in [-0.25, -0.2) is 8.78 Å². The summed E-state index contributed by atoms with van der Waals surface area (Å²) in [7, 11) is 0. The van der Waals surface area contributed by atoms with Crippen LogP contribution in [0.1, 0.15) is 50.7 Å². The molecule has 0 heterocycles. The van der Waals surface area contributed by atoms with Crippen molar-refractivity contribution in [1.82, 2.24) is 0 Å². The lowest BCUT2D eigenvalue weighted by atomic mass is 9.82. The zero-order valence-electron chi connectivity index (χ0n) is 19.7. The highest BCUT2D eigenvalue weighted by Crippen LogP contribution is 2.36. The molecular weight excluding hydrogens is 578 g/mol. The minimum absolute atomic E-state index is 0.264. The summed E-state index contributed by atoms with van der Waals surface area (Å²) < 4.78 is 52.7. The van der Waals surface area contributed by atoms with Gasteiger partial charge < -0.3 is 18.9 Å². The van der Waals surface area contributed by atoms with Crippen molar-refractivity contribution in [3.63, 3.8) is 0 Å². The van der Waals surface area contributed by atoms with Crippen molar-refractivity contribution in [2.45, 2.75) is 52.1 Å². The van der Waals surface area contributed by atoms with Gasteiger partial charge in [0.2, 0.25) is 0 Å². The predicted molar refractivity (Wildman–Crippen MR) is 133 cm³/mol. The second-order valence-electron chi connectivity index (χ2n) is 7.26. The van der Waals surface area contributed by atoms with Gasteiger partial charge in [0, 0.05) is 26.4 Å². The summed E-state index contributed by atoms with van der Waals surface area (Å²) in [4.78, 5) is 14.2. The van der Waals surface area contributed by atoms with E-state index in [2.05, 4.69) is 31.9 Å². The minimum Gasteiger partial charge on any atom is -0.352 e. The first-order chi connectivity index (χ1) is 16.3. The molecule has 2 aromatic carbocycles. The third kappa shape index (κ3) is 7.38. The zero-order valence-corrected chi connectivity index (χ0v) is 22.8. The van der Waals surface area contributed by atoms with E-state index in [1.165, 1.54) is 24.3 Å². The number of hydrogen-bond acceptors (Lipinski definition) is 5. The highest BCUT2D eigenvalue weighted by molar-refractivity contribution is 9.10. The number of ketones is 1. The van der Waals surface area contributed by atoms with Crippen LogP contribution in [0.5, 0.6) is 0 Å². The van der Waals surface area contributed by atoms with Crippen LogP contribution in [0, 0.1) is 11.6 Å². The Morgan fingerprint density at radius 2 is 1.03 bits per heavy atom. The molecule has 2 rings (SSSR count). The van der Waals surface area contributed by atoms with Crippen LogP contribution in [0.3, 0.4) is 0 Å². The molecule has 0 saturated carbocycles. The Morgan fingerprint density at radius 1 is 0.706 bits per heavy atom. The molecule has 0 N–H and O–H groups in total. The standard InChI is InChI=1S/C25H30Br2F2O5/c1-5-31-24(32-6-2)21(15-9-11-17(26)19(28)13-15)23(30)22(25(33-7-3)34-8-4)16-10-12-18(27)20(29)14-16/h9-14,21-22,24-25H,5-8H2,1-4H3. The molecule has 188 valence electrons. The number of ether oxygens (including phenoxy) is 4. The molecule has 2 atom stereocenters. The Bertz CT molecular complexity index is 858. The van der Waals surface area contributed by atoms with Crippen LogP contribution >= 0.6 is 31.9 Å². The average Bonchev–Trinajstić information content (AvgIpc) is 2.79. The second-order valence-corrected chi connectivity index (χ2v) is 8.97. The highest BCUT2D eigenvalue weighted by atomic mass is 79.9. The first-order valence-corrected chi connectivity index (χ1v) is 12.8. The third-order valence-electron chi connectivity index (χ3n) is 5.09. The van der Waals surface area contributed by atoms with Crippen LogP contribution in [0.25, 0.3) is 0 Å². The monoisotopic (exact) mass is 606 g/mol. The molecule has 0 radical (unpaired) electrons. The van der Waals surface area contributed by atoms with Gasteiger partial charge in [-0.1, -0.05) is 12.1 Å². The van der Waals surface area contributed by atoms with Crippen LogP contribution in [0.2, 0.25) is 0 Å². The molecule has 0 bridgehead atoms. The van der Waals surface area contributed by atoms with E-state index < -0.39 is 41.8 Å². The number of rotatable bonds is 14. The normalized spacial score (nSPS) is 13.5. The van der Waals surface area contributed by atoms with Gasteiger partial charge in [-0.05, 0) is 94.9 Å². The van der Waals surface area contributed by atoms with E-state index in [1.54, 1.807) is 39.8 Å². The van der Waals surface area contributed by atoms with Crippen molar-refractivity contribution in [1.29, 1.82) is 0 Å². The van der Waals surface area contributed by atoms with Crippen molar-refractivity contribution < 1.29 is 32.5 Å². The van der Waals surface area contributed by atoms with E-state index >= 15 is 0 Å². The maximum atomic E-state index is 14.5. The van der Waals surface area contributed by atoms with Crippen molar-refractivity contribution in [2.75, 3.05) is 26.4 Å². The third-order valence-corrected chi connectivity index (χ3v) is 6.37. The fraction of sp³-hybridized carbons (Fsp3) is 0.480. The summed E-state index contributed by atoms with van der Waals surface area (Å²) in [5, 5.41) is 0. The molecule has 0 aliphatic carbocycles. The Hall–Kier alpha value is -1.23. The SMILES string of the molecule is CCOC(OCC)C(C(=O)C(c1ccc(Br)c(F)c1)C(OCC)OCC)c1ccc(Br)c(F)c1. The van der Waals surface area contributed by atoms with Crippen LogP contribution in [-0.4, -0.2) is 44.8 Å². The second kappa shape index (κ2) is 14.4. The van der Waals surface area contributed by atoms with E-state index in [-0.39, 0.29) is 35.4 Å². The summed E-state index contributed by atoms with van der Waals surface area (Å²) in [6.07, 6.45) is -1.98. The highest BCUT2D eigenvalue weighted by Gasteiger charge is 2.41. The molecule has 0 aliphatic heterocycles. The topological polar surface area (TPSA) is 54.0 Å². The van der Waals surface area contributed by atoms with Crippen molar-refractivity contribution in [2.24, 2.45) is 0 Å². The molecule has 0 fully saturated rings. The van der Waals surface area contributed by atoms with E-state index in [1.807, 2.05) is 0 Å². The van der Waals surface area contributed by atoms with E-state index in [0.717, 1.165) is 0 Å². The Kier molecular flexibility index (Phi) is 12.2. The van der Waals surface area contributed by atoms with Crippen LogP contribution < -0.4 is 0 Å². The number of carbonyl (C=O) groups is 1. The van der Waals surface area contributed by atoms with Gasteiger partial charge in [-0.2, -0.15) is 0 Å². The molecule has 5 nitrogen and oxygen atoms in total. The van der Waals surface area contributed by atoms with Crippen molar-refractivity contribution in [3.8, 4) is 0 Å². The first kappa shape index (κ1) is 29.0. The Balaban J connectivity index is 2.69. The predicted octanol–water partition coefficient (Wildman–Crippen LogP) is 6.72. The molecule has 2 aromatic rings. The zero-order chi connectivity index (χ0) is 25.3. The molecule has 2 unspecified atom stereocenters. The summed E-state index contributed by atoms with van der Waals surface area (Å²) >= 11 is 6.30. The number of Topliss-reactive ketones (excluding diaryl/α,β-unsaturated/α-hetero) is 1. The van der Waals surface area contributed by atoms with Gasteiger partial charge in [0.05, 0.1) is 20.8 Å². The molecule has 9 heteroatoms. The van der Waals surface area contributed by atoms with Crippen LogP contribution in [-0.2, 0) is 23.7 Å². The molecule has 0 saturated heterocycles. The Morgan fingerprint density at radius 3 is 1.29 bits per heavy atom. The fourth-order valence-corrected chi connectivity index (χ4v) is 4.15. The molecule has 0 aliphatic rings. The van der Waals surface area contributed by atoms with Gasteiger partial charge in [-0.15, -0.1) is 0 Å². The lowest BCUT2D eigenvalue weighted by molar-refractivity contribution is -0.177. The van der Waals surface area contributed by atoms with Gasteiger partial charge in [-0.3, -0.25) is 4.79 Å². The first-order valence-electron chi connectivity index (χ1n) is 11.2. The average molecular weight is 608 g/mol. The largest absolute Gasteiger partial charge is 0.352 e. The van der Waals surface area contributed by atoms with Gasteiger partial charge in [0.25, 0.3) is 0 Å². The number of hydrogen-bond donors (Lipinski definition) is 0. The van der Waals surface area contributed by atoms with Gasteiger partial charge >= 0.3 is 0 Å². The van der Waals surface area contributed by atoms with Crippen LogP contribution in [0.15, 0.2) is 45.3 Å². The van der Waals surface area contributed by atoms with E-state index in [4.69, 9.17) is 18.9 Å². The molecule has 0 spiro atoms. The number of halogens is 4.